The smallest absolute Gasteiger partial charge is 0.270 e. The Hall–Kier alpha value is -3.16. The molecule has 162 valence electrons. The van der Waals surface area contributed by atoms with Crippen molar-refractivity contribution in [3.05, 3.63) is 52.2 Å². The largest absolute Gasteiger partial charge is 0.354 e. The highest BCUT2D eigenvalue weighted by atomic mass is 16.2. The van der Waals surface area contributed by atoms with Crippen molar-refractivity contribution in [2.24, 2.45) is 5.41 Å². The first-order valence-electron chi connectivity index (χ1n) is 11.0. The molecule has 2 fully saturated rings. The molecule has 0 aromatic carbocycles. The van der Waals surface area contributed by atoms with E-state index >= 15 is 0 Å². The van der Waals surface area contributed by atoms with E-state index in [4.69, 9.17) is 0 Å². The van der Waals surface area contributed by atoms with Gasteiger partial charge in [0, 0.05) is 54.6 Å². The predicted octanol–water partition coefficient (Wildman–Crippen LogP) is 2.92. The molecule has 31 heavy (non-hydrogen) atoms. The van der Waals surface area contributed by atoms with Gasteiger partial charge in [-0.3, -0.25) is 9.59 Å². The number of nitrogens with one attached hydrogen (secondary N) is 1. The van der Waals surface area contributed by atoms with E-state index in [2.05, 4.69) is 20.3 Å². The van der Waals surface area contributed by atoms with Gasteiger partial charge < -0.3 is 14.6 Å². The molecule has 0 atom stereocenters. The SMILES string of the molecule is Cc1c(N2CCC3(CCCC3)C2)nn(CC(=O)Nc2ccn3ccnc3c2)c(=O)c1C. The van der Waals surface area contributed by atoms with Crippen molar-refractivity contribution in [2.45, 2.75) is 52.5 Å². The van der Waals surface area contributed by atoms with Gasteiger partial charge in [0.1, 0.15) is 12.2 Å². The summed E-state index contributed by atoms with van der Waals surface area (Å²) in [4.78, 5) is 32.1. The number of rotatable bonds is 4. The normalized spacial score (nSPS) is 17.7. The monoisotopic (exact) mass is 420 g/mol. The summed E-state index contributed by atoms with van der Waals surface area (Å²) < 4.78 is 3.17. The van der Waals surface area contributed by atoms with Crippen molar-refractivity contribution in [1.82, 2.24) is 19.2 Å². The van der Waals surface area contributed by atoms with Crippen LogP contribution in [0.15, 0.2) is 35.5 Å². The molecular formula is C23H28N6O2. The third-order valence-electron chi connectivity index (χ3n) is 7.05. The Kier molecular flexibility index (Phi) is 4.79. The second-order valence-electron chi connectivity index (χ2n) is 9.07. The van der Waals surface area contributed by atoms with Crippen LogP contribution < -0.4 is 15.8 Å². The average Bonchev–Trinajstić information content (AvgIpc) is 3.50. The van der Waals surface area contributed by atoms with Gasteiger partial charge in [0.15, 0.2) is 5.82 Å². The molecule has 1 aliphatic carbocycles. The Balaban J connectivity index is 1.37. The van der Waals surface area contributed by atoms with Gasteiger partial charge in [-0.2, -0.15) is 5.10 Å². The molecule has 1 spiro atoms. The van der Waals surface area contributed by atoms with Gasteiger partial charge in [0.05, 0.1) is 0 Å². The number of nitrogens with zero attached hydrogens (tertiary/aromatic N) is 5. The number of fused-ring (bicyclic) bond motifs is 1. The maximum Gasteiger partial charge on any atom is 0.270 e. The lowest BCUT2D eigenvalue weighted by Crippen LogP contribution is -2.35. The van der Waals surface area contributed by atoms with Crippen LogP contribution in [0.25, 0.3) is 5.65 Å². The lowest BCUT2D eigenvalue weighted by molar-refractivity contribution is -0.117. The molecule has 0 unspecified atom stereocenters. The number of amides is 1. The Morgan fingerprint density at radius 2 is 1.97 bits per heavy atom. The van der Waals surface area contributed by atoms with Crippen molar-refractivity contribution in [2.75, 3.05) is 23.3 Å². The maximum absolute atomic E-state index is 12.8. The Bertz CT molecular complexity index is 1200. The summed E-state index contributed by atoms with van der Waals surface area (Å²) in [6.45, 7) is 5.62. The molecule has 1 N–H and O–H groups in total. The van der Waals surface area contributed by atoms with E-state index in [1.54, 1.807) is 18.3 Å². The maximum atomic E-state index is 12.8. The van der Waals surface area contributed by atoms with Gasteiger partial charge in [-0.25, -0.2) is 9.67 Å². The average molecular weight is 421 g/mol. The van der Waals surface area contributed by atoms with Gasteiger partial charge in [-0.05, 0) is 44.6 Å². The lowest BCUT2D eigenvalue weighted by Gasteiger charge is -2.25. The van der Waals surface area contributed by atoms with Gasteiger partial charge >= 0.3 is 0 Å². The van der Waals surface area contributed by atoms with Gasteiger partial charge in [-0.15, -0.1) is 0 Å². The molecule has 3 aromatic heterocycles. The number of pyridine rings is 1. The molecule has 1 saturated carbocycles. The van der Waals surface area contributed by atoms with Crippen LogP contribution in [0.1, 0.15) is 43.2 Å². The van der Waals surface area contributed by atoms with E-state index < -0.39 is 0 Å². The molecule has 1 amide bonds. The number of carbonyl (C=O) groups is 1. The fraction of sp³-hybridized carbons (Fsp3) is 0.478. The zero-order valence-electron chi connectivity index (χ0n) is 18.1. The van der Waals surface area contributed by atoms with Crippen LogP contribution in [0.2, 0.25) is 0 Å². The molecule has 1 saturated heterocycles. The third kappa shape index (κ3) is 3.60. The first kappa shape index (κ1) is 19.8. The van der Waals surface area contributed by atoms with E-state index in [9.17, 15) is 9.59 Å². The lowest BCUT2D eigenvalue weighted by atomic mass is 9.86. The zero-order chi connectivity index (χ0) is 21.6. The van der Waals surface area contributed by atoms with Crippen LogP contribution in [0.4, 0.5) is 11.5 Å². The number of hydrogen-bond acceptors (Lipinski definition) is 5. The van der Waals surface area contributed by atoms with Crippen LogP contribution in [-0.4, -0.2) is 38.2 Å². The highest BCUT2D eigenvalue weighted by Gasteiger charge is 2.41. The summed E-state index contributed by atoms with van der Waals surface area (Å²) >= 11 is 0. The molecular weight excluding hydrogens is 392 g/mol. The molecule has 0 bridgehead atoms. The summed E-state index contributed by atoms with van der Waals surface area (Å²) in [5.41, 5.74) is 3.16. The molecule has 8 heteroatoms. The first-order chi connectivity index (χ1) is 14.9. The fourth-order valence-electron chi connectivity index (χ4n) is 5.14. The molecule has 2 aliphatic rings. The number of carbonyl (C=O) groups excluding carboxylic acids is 1. The summed E-state index contributed by atoms with van der Waals surface area (Å²) in [7, 11) is 0. The second kappa shape index (κ2) is 7.51. The second-order valence-corrected chi connectivity index (χ2v) is 9.07. The first-order valence-corrected chi connectivity index (χ1v) is 11.0. The van der Waals surface area contributed by atoms with E-state index in [1.165, 1.54) is 36.8 Å². The van der Waals surface area contributed by atoms with Crippen molar-refractivity contribution in [3.8, 4) is 0 Å². The molecule has 5 rings (SSSR count). The van der Waals surface area contributed by atoms with Crippen molar-refractivity contribution >= 4 is 23.1 Å². The van der Waals surface area contributed by atoms with Gasteiger partial charge in [0.2, 0.25) is 5.91 Å². The number of imidazole rings is 1. The van der Waals surface area contributed by atoms with Crippen molar-refractivity contribution < 1.29 is 4.79 Å². The molecule has 4 heterocycles. The number of hydrogen-bond donors (Lipinski definition) is 1. The minimum absolute atomic E-state index is 0.119. The summed E-state index contributed by atoms with van der Waals surface area (Å²) in [5.74, 6) is 0.556. The molecule has 8 nitrogen and oxygen atoms in total. The van der Waals surface area contributed by atoms with Crippen LogP contribution in [0.3, 0.4) is 0 Å². The van der Waals surface area contributed by atoms with Crippen LogP contribution in [0.5, 0.6) is 0 Å². The highest BCUT2D eigenvalue weighted by molar-refractivity contribution is 5.91. The minimum Gasteiger partial charge on any atom is -0.354 e. The van der Waals surface area contributed by atoms with Gasteiger partial charge in [-0.1, -0.05) is 12.8 Å². The van der Waals surface area contributed by atoms with Crippen LogP contribution in [0, 0.1) is 19.3 Å². The summed E-state index contributed by atoms with van der Waals surface area (Å²) in [5, 5.41) is 7.50. The predicted molar refractivity (Wildman–Crippen MR) is 120 cm³/mol. The molecule has 0 radical (unpaired) electrons. The summed E-state index contributed by atoms with van der Waals surface area (Å²) in [6.07, 6.45) is 11.7. The van der Waals surface area contributed by atoms with Crippen molar-refractivity contribution in [1.29, 1.82) is 0 Å². The van der Waals surface area contributed by atoms with Crippen LogP contribution >= 0.6 is 0 Å². The third-order valence-corrected chi connectivity index (χ3v) is 7.05. The topological polar surface area (TPSA) is 84.5 Å². The highest BCUT2D eigenvalue weighted by Crippen LogP contribution is 2.46. The van der Waals surface area contributed by atoms with E-state index in [0.29, 0.717) is 16.7 Å². The Morgan fingerprint density at radius 3 is 2.77 bits per heavy atom. The number of anilines is 2. The molecule has 1 aliphatic heterocycles. The summed E-state index contributed by atoms with van der Waals surface area (Å²) in [6, 6.07) is 3.60. The minimum atomic E-state index is -0.284. The Morgan fingerprint density at radius 1 is 1.16 bits per heavy atom. The quantitative estimate of drug-likeness (QED) is 0.702. The standard InChI is InChI=1S/C23H28N6O2/c1-16-17(2)22(31)29(26-21(16)28-11-8-23(15-28)6-3-4-7-23)14-20(30)25-18-5-10-27-12-9-24-19(27)13-18/h5,9-10,12-13H,3-4,6-8,11,14-15H2,1-2H3,(H,25,30). The van der Waals surface area contributed by atoms with E-state index in [0.717, 1.165) is 30.1 Å². The Labute approximate surface area is 180 Å². The van der Waals surface area contributed by atoms with E-state index in [1.807, 2.05) is 30.6 Å². The zero-order valence-corrected chi connectivity index (χ0v) is 18.1. The number of aromatic nitrogens is 4. The van der Waals surface area contributed by atoms with Crippen molar-refractivity contribution in [3.63, 3.8) is 0 Å². The molecule has 3 aromatic rings. The van der Waals surface area contributed by atoms with Gasteiger partial charge in [0.25, 0.3) is 5.56 Å². The van der Waals surface area contributed by atoms with Crippen LogP contribution in [-0.2, 0) is 11.3 Å². The van der Waals surface area contributed by atoms with E-state index in [-0.39, 0.29) is 18.0 Å². The fourth-order valence-corrected chi connectivity index (χ4v) is 5.14.